The number of aliphatic hydroxyl groups excluding tert-OH is 1. The van der Waals surface area contributed by atoms with Crippen LogP contribution in [0.15, 0.2) is 66.9 Å². The molecule has 9 heteroatoms. The molecule has 1 saturated carbocycles. The first-order valence-electron chi connectivity index (χ1n) is 12.6. The Hall–Kier alpha value is -4.37. The smallest absolute Gasteiger partial charge is 0.356 e. The first-order chi connectivity index (χ1) is 18.6. The molecular formula is C29H30N4O5. The third-order valence-electron chi connectivity index (χ3n) is 6.41. The number of pyridine rings is 1. The van der Waals surface area contributed by atoms with Crippen LogP contribution in [0.3, 0.4) is 0 Å². The number of fused-ring (bicyclic) bond motifs is 1. The van der Waals surface area contributed by atoms with Crippen molar-refractivity contribution >= 4 is 34.3 Å². The number of esters is 1. The standard InChI is InChI=1S/C29H30N4O5/c1-37-29(36)26-25(32-28(35)21-10-11-21)24-15-22(30-16-20-8-5-9-23(14-20)38-13-12-34)17-31-27(24)33(26)18-19-6-3-2-4-7-19/h2-9,14-15,17,21,30,34H,10-13,16,18H2,1H3,(H,32,35). The molecule has 5 rings (SSSR count). The summed E-state index contributed by atoms with van der Waals surface area (Å²) in [6.45, 7) is 1.07. The Balaban J connectivity index is 1.51. The molecule has 0 radical (unpaired) electrons. The third-order valence-corrected chi connectivity index (χ3v) is 6.41. The van der Waals surface area contributed by atoms with E-state index in [2.05, 4.69) is 10.6 Å². The number of hydrogen-bond donors (Lipinski definition) is 3. The van der Waals surface area contributed by atoms with Gasteiger partial charge in [-0.1, -0.05) is 42.5 Å². The SMILES string of the molecule is COC(=O)c1c(NC(=O)C2CC2)c2cc(NCc3cccc(OCCO)c3)cnc2n1Cc1ccccc1. The van der Waals surface area contributed by atoms with Crippen molar-refractivity contribution < 1.29 is 24.2 Å². The summed E-state index contributed by atoms with van der Waals surface area (Å²) in [7, 11) is 1.33. The number of methoxy groups -OCH3 is 1. The number of ether oxygens (including phenoxy) is 2. The lowest BCUT2D eigenvalue weighted by atomic mass is 10.2. The minimum atomic E-state index is -0.542. The van der Waals surface area contributed by atoms with Crippen molar-refractivity contribution in [2.75, 3.05) is 31.0 Å². The number of nitrogens with zero attached hydrogens (tertiary/aromatic N) is 2. The predicted molar refractivity (Wildman–Crippen MR) is 144 cm³/mol. The van der Waals surface area contributed by atoms with E-state index in [-0.39, 0.29) is 30.7 Å². The molecule has 4 aromatic rings. The van der Waals surface area contributed by atoms with Crippen LogP contribution in [-0.4, -0.2) is 46.9 Å². The van der Waals surface area contributed by atoms with E-state index in [9.17, 15) is 9.59 Å². The summed E-state index contributed by atoms with van der Waals surface area (Å²) in [5, 5.41) is 16.0. The number of aliphatic hydroxyl groups is 1. The van der Waals surface area contributed by atoms with Crippen molar-refractivity contribution in [3.8, 4) is 5.75 Å². The molecule has 1 aliphatic carbocycles. The molecule has 2 heterocycles. The highest BCUT2D eigenvalue weighted by Crippen LogP contribution is 2.36. The van der Waals surface area contributed by atoms with Crippen LogP contribution in [-0.2, 0) is 22.6 Å². The summed E-state index contributed by atoms with van der Waals surface area (Å²) in [4.78, 5) is 30.5. The minimum absolute atomic E-state index is 0.0392. The van der Waals surface area contributed by atoms with Gasteiger partial charge in [-0.25, -0.2) is 9.78 Å². The summed E-state index contributed by atoms with van der Waals surface area (Å²) in [5.74, 6) is -0.00784. The summed E-state index contributed by atoms with van der Waals surface area (Å²) < 4.78 is 12.4. The van der Waals surface area contributed by atoms with Crippen molar-refractivity contribution in [1.29, 1.82) is 0 Å². The second-order valence-electron chi connectivity index (χ2n) is 9.22. The fraction of sp³-hybridized carbons (Fsp3) is 0.276. The van der Waals surface area contributed by atoms with Gasteiger partial charge in [-0.2, -0.15) is 0 Å². The highest BCUT2D eigenvalue weighted by molar-refractivity contribution is 6.11. The summed E-state index contributed by atoms with van der Waals surface area (Å²) in [6, 6.07) is 19.3. The zero-order chi connectivity index (χ0) is 26.5. The molecule has 0 bridgehead atoms. The van der Waals surface area contributed by atoms with Gasteiger partial charge in [0.05, 0.1) is 31.3 Å². The number of rotatable bonds is 11. The molecule has 0 saturated heterocycles. The fourth-order valence-corrected chi connectivity index (χ4v) is 4.36. The maximum Gasteiger partial charge on any atom is 0.356 e. The number of amides is 1. The van der Waals surface area contributed by atoms with Gasteiger partial charge in [0.2, 0.25) is 5.91 Å². The Morgan fingerprint density at radius 1 is 1.08 bits per heavy atom. The van der Waals surface area contributed by atoms with E-state index in [0.717, 1.165) is 29.7 Å². The topological polar surface area (TPSA) is 115 Å². The minimum Gasteiger partial charge on any atom is -0.491 e. The average molecular weight is 515 g/mol. The second kappa shape index (κ2) is 11.4. The van der Waals surface area contributed by atoms with Gasteiger partial charge in [0.25, 0.3) is 0 Å². The monoisotopic (exact) mass is 514 g/mol. The van der Waals surface area contributed by atoms with Crippen LogP contribution in [0.25, 0.3) is 11.0 Å². The molecular weight excluding hydrogens is 484 g/mol. The van der Waals surface area contributed by atoms with E-state index >= 15 is 0 Å². The van der Waals surface area contributed by atoms with Gasteiger partial charge in [-0.3, -0.25) is 4.79 Å². The lowest BCUT2D eigenvalue weighted by Crippen LogP contribution is -2.18. The maximum atomic E-state index is 13.0. The molecule has 9 nitrogen and oxygen atoms in total. The van der Waals surface area contributed by atoms with E-state index < -0.39 is 5.97 Å². The molecule has 1 amide bonds. The van der Waals surface area contributed by atoms with Crippen LogP contribution in [0.2, 0.25) is 0 Å². The van der Waals surface area contributed by atoms with Crippen LogP contribution >= 0.6 is 0 Å². The molecule has 0 spiro atoms. The van der Waals surface area contributed by atoms with Gasteiger partial charge in [-0.05, 0) is 42.2 Å². The quantitative estimate of drug-likeness (QED) is 0.257. The average Bonchev–Trinajstić information content (AvgIpc) is 3.76. The number of carbonyl (C=O) groups excluding carboxylic acids is 2. The van der Waals surface area contributed by atoms with E-state index in [0.29, 0.717) is 35.6 Å². The molecule has 196 valence electrons. The van der Waals surface area contributed by atoms with Gasteiger partial charge in [-0.15, -0.1) is 0 Å². The Morgan fingerprint density at radius 2 is 1.87 bits per heavy atom. The number of nitrogens with one attached hydrogen (secondary N) is 2. The summed E-state index contributed by atoms with van der Waals surface area (Å²) in [6.07, 6.45) is 3.39. The normalized spacial score (nSPS) is 12.8. The molecule has 1 fully saturated rings. The molecule has 3 N–H and O–H groups in total. The van der Waals surface area contributed by atoms with Gasteiger partial charge in [0.15, 0.2) is 5.69 Å². The fourth-order valence-electron chi connectivity index (χ4n) is 4.36. The number of benzene rings is 2. The van der Waals surface area contributed by atoms with Crippen LogP contribution in [0.1, 0.15) is 34.5 Å². The molecule has 38 heavy (non-hydrogen) atoms. The van der Waals surface area contributed by atoms with Crippen LogP contribution < -0.4 is 15.4 Å². The van der Waals surface area contributed by atoms with Crippen molar-refractivity contribution in [3.05, 3.63) is 83.7 Å². The van der Waals surface area contributed by atoms with Gasteiger partial charge < -0.3 is 29.8 Å². The maximum absolute atomic E-state index is 13.0. The predicted octanol–water partition coefficient (Wildman–Crippen LogP) is 4.20. The molecule has 1 aliphatic rings. The van der Waals surface area contributed by atoms with Crippen molar-refractivity contribution in [2.24, 2.45) is 5.92 Å². The lowest BCUT2D eigenvalue weighted by molar-refractivity contribution is -0.117. The van der Waals surface area contributed by atoms with E-state index in [1.807, 2.05) is 60.7 Å². The van der Waals surface area contributed by atoms with E-state index in [1.165, 1.54) is 7.11 Å². The Morgan fingerprint density at radius 3 is 2.61 bits per heavy atom. The highest BCUT2D eigenvalue weighted by Gasteiger charge is 2.33. The Bertz CT molecular complexity index is 1450. The van der Waals surface area contributed by atoms with Gasteiger partial charge in [0, 0.05) is 24.4 Å². The number of anilines is 2. The first-order valence-corrected chi connectivity index (χ1v) is 12.6. The number of carbonyl (C=O) groups is 2. The second-order valence-corrected chi connectivity index (χ2v) is 9.22. The summed E-state index contributed by atoms with van der Waals surface area (Å²) in [5.41, 5.74) is 3.95. The Labute approximate surface area is 220 Å². The van der Waals surface area contributed by atoms with Gasteiger partial charge >= 0.3 is 5.97 Å². The molecule has 0 unspecified atom stereocenters. The lowest BCUT2D eigenvalue weighted by Gasteiger charge is -2.11. The van der Waals surface area contributed by atoms with Crippen LogP contribution in [0, 0.1) is 5.92 Å². The van der Waals surface area contributed by atoms with E-state index in [4.69, 9.17) is 19.6 Å². The van der Waals surface area contributed by atoms with Crippen molar-refractivity contribution in [1.82, 2.24) is 9.55 Å². The Kier molecular flexibility index (Phi) is 7.55. The molecule has 0 atom stereocenters. The first kappa shape index (κ1) is 25.3. The van der Waals surface area contributed by atoms with Gasteiger partial charge in [0.1, 0.15) is 18.0 Å². The van der Waals surface area contributed by atoms with Crippen LogP contribution in [0.4, 0.5) is 11.4 Å². The molecule has 2 aromatic heterocycles. The largest absolute Gasteiger partial charge is 0.491 e. The zero-order valence-corrected chi connectivity index (χ0v) is 21.1. The number of hydrogen-bond acceptors (Lipinski definition) is 7. The molecule has 2 aromatic carbocycles. The van der Waals surface area contributed by atoms with E-state index in [1.54, 1.807) is 10.8 Å². The number of aromatic nitrogens is 2. The van der Waals surface area contributed by atoms with Crippen LogP contribution in [0.5, 0.6) is 5.75 Å². The third kappa shape index (κ3) is 5.63. The van der Waals surface area contributed by atoms with Crippen molar-refractivity contribution in [2.45, 2.75) is 25.9 Å². The molecule has 0 aliphatic heterocycles. The summed E-state index contributed by atoms with van der Waals surface area (Å²) >= 11 is 0. The zero-order valence-electron chi connectivity index (χ0n) is 21.1. The highest BCUT2D eigenvalue weighted by atomic mass is 16.5. The van der Waals surface area contributed by atoms with Crippen molar-refractivity contribution in [3.63, 3.8) is 0 Å².